The molecule has 4 aromatic rings. The molecule has 0 radical (unpaired) electrons. The van der Waals surface area contributed by atoms with E-state index < -0.39 is 0 Å². The number of thiophene rings is 1. The first kappa shape index (κ1) is 13.7. The number of hydrogen-bond acceptors (Lipinski definition) is 5. The maximum absolute atomic E-state index is 12.2. The molecule has 0 spiro atoms. The molecule has 4 rings (SSSR count). The molecule has 0 saturated carbocycles. The van der Waals surface area contributed by atoms with Crippen molar-refractivity contribution in [2.24, 2.45) is 0 Å². The second-order valence-corrected chi connectivity index (χ2v) is 5.79. The van der Waals surface area contributed by atoms with Gasteiger partial charge in [0.15, 0.2) is 0 Å². The number of nitrogens with zero attached hydrogens (tertiary/aromatic N) is 2. The number of amides is 1. The zero-order chi connectivity index (χ0) is 15.6. The summed E-state index contributed by atoms with van der Waals surface area (Å²) in [5, 5.41) is 15.3. The Bertz CT molecular complexity index is 955. The quantitative estimate of drug-likeness (QED) is 0.602. The van der Waals surface area contributed by atoms with E-state index in [2.05, 4.69) is 20.5 Å². The van der Waals surface area contributed by atoms with Crippen LogP contribution in [0, 0.1) is 0 Å². The van der Waals surface area contributed by atoms with Gasteiger partial charge >= 0.3 is 6.01 Å². The van der Waals surface area contributed by atoms with Crippen LogP contribution in [-0.4, -0.2) is 21.1 Å². The van der Waals surface area contributed by atoms with Crippen molar-refractivity contribution in [1.29, 1.82) is 0 Å². The van der Waals surface area contributed by atoms with Crippen molar-refractivity contribution in [3.05, 3.63) is 52.9 Å². The largest absolute Gasteiger partial charge is 0.403 e. The maximum atomic E-state index is 12.2. The number of carbonyl (C=O) groups excluding carboxylic acids is 1. The van der Waals surface area contributed by atoms with Gasteiger partial charge in [-0.05, 0) is 23.1 Å². The fourth-order valence-corrected chi connectivity index (χ4v) is 3.02. The first-order valence-corrected chi connectivity index (χ1v) is 7.95. The van der Waals surface area contributed by atoms with Crippen molar-refractivity contribution >= 4 is 34.2 Å². The Morgan fingerprint density at radius 3 is 3.04 bits per heavy atom. The number of nitrogens with one attached hydrogen (secondary N) is 2. The van der Waals surface area contributed by atoms with Gasteiger partial charge in [0.05, 0.1) is 6.42 Å². The molecule has 3 heterocycles. The number of fused-ring (bicyclic) bond motifs is 1. The Balaban J connectivity index is 1.48. The highest BCUT2D eigenvalue weighted by atomic mass is 32.1. The number of benzene rings is 1. The Morgan fingerprint density at radius 1 is 1.26 bits per heavy atom. The van der Waals surface area contributed by atoms with Gasteiger partial charge in [0.1, 0.15) is 0 Å². The molecule has 0 fully saturated rings. The van der Waals surface area contributed by atoms with E-state index >= 15 is 0 Å². The predicted molar refractivity (Wildman–Crippen MR) is 88.2 cm³/mol. The number of para-hydroxylation sites is 1. The highest BCUT2D eigenvalue weighted by Gasteiger charge is 2.13. The Hall–Kier alpha value is -2.93. The van der Waals surface area contributed by atoms with Crippen LogP contribution >= 0.6 is 11.3 Å². The van der Waals surface area contributed by atoms with Crippen LogP contribution in [0.5, 0.6) is 0 Å². The lowest BCUT2D eigenvalue weighted by Crippen LogP contribution is -2.14. The summed E-state index contributed by atoms with van der Waals surface area (Å²) in [6.07, 6.45) is 2.08. The summed E-state index contributed by atoms with van der Waals surface area (Å²) in [7, 11) is 0. The number of aromatic amines is 1. The lowest BCUT2D eigenvalue weighted by Gasteiger charge is -1.99. The molecule has 2 N–H and O–H groups in total. The fourth-order valence-electron chi connectivity index (χ4n) is 2.39. The van der Waals surface area contributed by atoms with E-state index in [4.69, 9.17) is 4.42 Å². The highest BCUT2D eigenvalue weighted by Crippen LogP contribution is 2.22. The molecular weight excluding hydrogens is 312 g/mol. The molecule has 0 bridgehead atoms. The molecule has 7 heteroatoms. The van der Waals surface area contributed by atoms with E-state index in [0.29, 0.717) is 5.89 Å². The van der Waals surface area contributed by atoms with Crippen molar-refractivity contribution in [3.8, 4) is 11.5 Å². The number of anilines is 1. The summed E-state index contributed by atoms with van der Waals surface area (Å²) in [5.41, 5.74) is 2.78. The lowest BCUT2D eigenvalue weighted by molar-refractivity contribution is -0.115. The van der Waals surface area contributed by atoms with Gasteiger partial charge in [-0.25, -0.2) is 0 Å². The number of rotatable bonds is 4. The minimum Gasteiger partial charge on any atom is -0.403 e. The standard InChI is InChI=1S/C16H12N4O2S/c21-14(7-11-8-17-13-4-2-1-3-12(11)13)18-16-20-19-15(22-16)10-5-6-23-9-10/h1-6,8-9,17H,7H2,(H,18,20,21). The van der Waals surface area contributed by atoms with Crippen LogP contribution in [0.2, 0.25) is 0 Å². The van der Waals surface area contributed by atoms with Crippen LogP contribution in [0.4, 0.5) is 6.01 Å². The number of carbonyl (C=O) groups is 1. The van der Waals surface area contributed by atoms with Crippen LogP contribution in [0.15, 0.2) is 51.7 Å². The van der Waals surface area contributed by atoms with Gasteiger partial charge in [0, 0.05) is 28.0 Å². The van der Waals surface area contributed by atoms with Gasteiger partial charge in [-0.3, -0.25) is 10.1 Å². The summed E-state index contributed by atoms with van der Waals surface area (Å²) >= 11 is 1.54. The molecule has 1 aromatic carbocycles. The molecule has 114 valence electrons. The molecule has 23 heavy (non-hydrogen) atoms. The summed E-state index contributed by atoms with van der Waals surface area (Å²) < 4.78 is 5.45. The zero-order valence-electron chi connectivity index (χ0n) is 11.9. The van der Waals surface area contributed by atoms with Crippen LogP contribution in [0.3, 0.4) is 0 Å². The molecule has 1 amide bonds. The topological polar surface area (TPSA) is 83.8 Å². The summed E-state index contributed by atoms with van der Waals surface area (Å²) in [6, 6.07) is 9.85. The average molecular weight is 324 g/mol. The molecule has 0 aliphatic rings. The first-order valence-electron chi connectivity index (χ1n) is 7.00. The molecule has 0 aliphatic heterocycles. The molecular formula is C16H12N4O2S. The van der Waals surface area contributed by atoms with E-state index in [1.54, 1.807) is 11.3 Å². The van der Waals surface area contributed by atoms with E-state index in [9.17, 15) is 4.79 Å². The molecule has 0 atom stereocenters. The minimum atomic E-state index is -0.199. The van der Waals surface area contributed by atoms with Gasteiger partial charge in [-0.2, -0.15) is 11.3 Å². The van der Waals surface area contributed by atoms with Gasteiger partial charge in [0.2, 0.25) is 5.91 Å². The van der Waals surface area contributed by atoms with E-state index in [0.717, 1.165) is 22.0 Å². The third kappa shape index (κ3) is 2.74. The first-order chi connectivity index (χ1) is 11.3. The van der Waals surface area contributed by atoms with Crippen LogP contribution < -0.4 is 5.32 Å². The Kier molecular flexibility index (Phi) is 3.39. The normalized spacial score (nSPS) is 11.0. The lowest BCUT2D eigenvalue weighted by atomic mass is 10.1. The average Bonchev–Trinajstić information content (AvgIpc) is 3.27. The number of hydrogen-bond donors (Lipinski definition) is 2. The highest BCUT2D eigenvalue weighted by molar-refractivity contribution is 7.08. The Labute approximate surface area is 135 Å². The number of aromatic nitrogens is 3. The molecule has 0 aliphatic carbocycles. The van der Waals surface area contributed by atoms with E-state index in [1.165, 1.54) is 0 Å². The summed E-state index contributed by atoms with van der Waals surface area (Å²) in [5.74, 6) is 0.198. The number of H-pyrrole nitrogens is 1. The van der Waals surface area contributed by atoms with Crippen molar-refractivity contribution in [2.75, 3.05) is 5.32 Å². The summed E-state index contributed by atoms with van der Waals surface area (Å²) in [6.45, 7) is 0. The zero-order valence-corrected chi connectivity index (χ0v) is 12.8. The molecule has 3 aromatic heterocycles. The van der Waals surface area contributed by atoms with Crippen LogP contribution in [0.1, 0.15) is 5.56 Å². The molecule has 6 nitrogen and oxygen atoms in total. The minimum absolute atomic E-state index is 0.107. The monoisotopic (exact) mass is 324 g/mol. The fraction of sp³-hybridized carbons (Fsp3) is 0.0625. The van der Waals surface area contributed by atoms with E-state index in [-0.39, 0.29) is 18.3 Å². The van der Waals surface area contributed by atoms with Crippen LogP contribution in [0.25, 0.3) is 22.4 Å². The van der Waals surface area contributed by atoms with Crippen molar-refractivity contribution in [2.45, 2.75) is 6.42 Å². The third-order valence-electron chi connectivity index (χ3n) is 3.47. The SMILES string of the molecule is O=C(Cc1c[nH]c2ccccc12)Nc1nnc(-c2ccsc2)o1. The molecule has 0 saturated heterocycles. The molecule has 0 unspecified atom stereocenters. The third-order valence-corrected chi connectivity index (χ3v) is 4.15. The van der Waals surface area contributed by atoms with E-state index in [1.807, 2.05) is 47.3 Å². The van der Waals surface area contributed by atoms with Crippen molar-refractivity contribution in [1.82, 2.24) is 15.2 Å². The Morgan fingerprint density at radius 2 is 2.17 bits per heavy atom. The predicted octanol–water partition coefficient (Wildman–Crippen LogP) is 3.46. The second kappa shape index (κ2) is 5.69. The maximum Gasteiger partial charge on any atom is 0.322 e. The van der Waals surface area contributed by atoms with Gasteiger partial charge in [-0.1, -0.05) is 23.3 Å². The van der Waals surface area contributed by atoms with Crippen LogP contribution in [-0.2, 0) is 11.2 Å². The van der Waals surface area contributed by atoms with Gasteiger partial charge in [0.25, 0.3) is 5.89 Å². The van der Waals surface area contributed by atoms with Gasteiger partial charge in [-0.15, -0.1) is 5.10 Å². The van der Waals surface area contributed by atoms with Gasteiger partial charge < -0.3 is 9.40 Å². The second-order valence-electron chi connectivity index (χ2n) is 5.01. The summed E-state index contributed by atoms with van der Waals surface area (Å²) in [4.78, 5) is 15.3. The smallest absolute Gasteiger partial charge is 0.322 e. The van der Waals surface area contributed by atoms with Crippen molar-refractivity contribution < 1.29 is 9.21 Å². The van der Waals surface area contributed by atoms with Crippen molar-refractivity contribution in [3.63, 3.8) is 0 Å².